The summed E-state index contributed by atoms with van der Waals surface area (Å²) in [5, 5.41) is 32.7. The number of aliphatic carboxylic acids is 1. The fourth-order valence-electron chi connectivity index (χ4n) is 3.57. The number of carboxylic acids is 2. The van der Waals surface area contributed by atoms with Crippen LogP contribution in [0.15, 0.2) is 40.7 Å². The van der Waals surface area contributed by atoms with Crippen molar-refractivity contribution in [1.29, 1.82) is 0 Å². The average Bonchev–Trinajstić information content (AvgIpc) is 3.20. The van der Waals surface area contributed by atoms with Gasteiger partial charge in [0.05, 0.1) is 12.0 Å². The smallest absolute Gasteiger partial charge is 1.00 e. The van der Waals surface area contributed by atoms with Gasteiger partial charge in [0.25, 0.3) is 5.91 Å². The summed E-state index contributed by atoms with van der Waals surface area (Å²) in [5.74, 6) is -2.75. The number of carbonyl (C=O) groups excluding carboxylic acids is 2. The second-order valence-corrected chi connectivity index (χ2v) is 9.27. The molecular weight excluding hydrogens is 518 g/mol. The van der Waals surface area contributed by atoms with Gasteiger partial charge in [0, 0.05) is 18.6 Å². The van der Waals surface area contributed by atoms with Gasteiger partial charge in [-0.25, -0.2) is 14.3 Å². The third-order valence-corrected chi connectivity index (χ3v) is 7.56. The van der Waals surface area contributed by atoms with Crippen molar-refractivity contribution in [2.24, 2.45) is 7.05 Å². The molecule has 0 radical (unpaired) electrons. The topological polar surface area (TPSA) is 168 Å². The van der Waals surface area contributed by atoms with Crippen LogP contribution in [0.3, 0.4) is 0 Å². The number of aromatic carboxylic acids is 1. The Balaban J connectivity index is 0.00000324. The predicted octanol–water partition coefficient (Wildman–Crippen LogP) is -5.79. The number of aryl methyl sites for hydroxylation is 1. The van der Waals surface area contributed by atoms with E-state index in [0.717, 1.165) is 0 Å². The van der Waals surface area contributed by atoms with E-state index in [1.165, 1.54) is 45.2 Å². The van der Waals surface area contributed by atoms with E-state index >= 15 is 0 Å². The Labute approximate surface area is 255 Å². The minimum Gasteiger partial charge on any atom is -1.00 e. The maximum Gasteiger partial charge on any atom is 1.00 e. The van der Waals surface area contributed by atoms with E-state index in [9.17, 15) is 29.4 Å². The second-order valence-electron chi connectivity index (χ2n) is 7.23. The van der Waals surface area contributed by atoms with Gasteiger partial charge >= 0.3 is 71.1 Å². The Hall–Kier alpha value is -1.39. The van der Waals surface area contributed by atoms with Crippen LogP contribution in [0.1, 0.15) is 18.8 Å². The first-order chi connectivity index (χ1) is 15.8. The van der Waals surface area contributed by atoms with Crippen molar-refractivity contribution in [3.05, 3.63) is 46.7 Å². The van der Waals surface area contributed by atoms with Crippen molar-refractivity contribution in [2.45, 2.75) is 23.0 Å². The van der Waals surface area contributed by atoms with E-state index in [-0.39, 0.29) is 79.6 Å². The number of hydrogen-bond donors (Lipinski definition) is 3. The quantitative estimate of drug-likeness (QED) is 0.166. The Kier molecular flexibility index (Phi) is 10.8. The van der Waals surface area contributed by atoms with Crippen LogP contribution in [0.25, 0.3) is 0 Å². The number of benzene rings is 1. The zero-order valence-corrected chi connectivity index (χ0v) is 24.8. The fourth-order valence-corrected chi connectivity index (χ4v) is 5.91. The number of carbonyl (C=O) groups is 4. The standard InChI is InChI=1S/C19H18N6O6S2.2Na.2H/c1-24-19(21-22-23-24)33-8-10-7-32-16-13(15(27)25(16)14(10)18(30)31)20-12(26)6-9-4-2-3-5-11(9)17(28)29;;;;/h2-5,13,16H,6-8H2,1H3,(H,20,26)(H,28,29)(H,30,31);;;;/q;2*+1;2*-1/t13?,16-;;;;/m1..../s1. The maximum absolute atomic E-state index is 12.8. The molecule has 176 valence electrons. The summed E-state index contributed by atoms with van der Waals surface area (Å²) in [4.78, 5) is 49.8. The van der Waals surface area contributed by atoms with E-state index < -0.39 is 35.2 Å². The second kappa shape index (κ2) is 12.7. The van der Waals surface area contributed by atoms with Crippen molar-refractivity contribution < 1.29 is 91.4 Å². The van der Waals surface area contributed by atoms with E-state index in [1.54, 1.807) is 19.2 Å². The van der Waals surface area contributed by atoms with Gasteiger partial charge in [-0.3, -0.25) is 14.5 Å². The normalized spacial score (nSPS) is 18.5. The van der Waals surface area contributed by atoms with Gasteiger partial charge in [-0.2, -0.15) is 0 Å². The first kappa shape index (κ1) is 29.8. The Bertz CT molecular complexity index is 1200. The van der Waals surface area contributed by atoms with Crippen molar-refractivity contribution >= 4 is 47.3 Å². The zero-order chi connectivity index (χ0) is 23.7. The number of thioether (sulfide) groups is 2. The molecule has 12 nitrogen and oxygen atoms in total. The van der Waals surface area contributed by atoms with Gasteiger partial charge in [0.15, 0.2) is 0 Å². The summed E-state index contributed by atoms with van der Waals surface area (Å²) < 4.78 is 1.47. The number of aromatic nitrogens is 4. The van der Waals surface area contributed by atoms with Crippen LogP contribution in [0, 0.1) is 0 Å². The third kappa shape index (κ3) is 6.31. The molecule has 2 aromatic rings. The molecule has 1 fully saturated rings. The molecule has 1 aromatic heterocycles. The molecule has 4 rings (SSSR count). The first-order valence-corrected chi connectivity index (χ1v) is 11.7. The summed E-state index contributed by atoms with van der Waals surface area (Å²) in [6.07, 6.45) is -0.209. The first-order valence-electron chi connectivity index (χ1n) is 9.63. The summed E-state index contributed by atoms with van der Waals surface area (Å²) in [5.41, 5.74) is 0.807. The fraction of sp³-hybridized carbons (Fsp3) is 0.316. The number of β-lactam (4-membered cyclic amide) rings is 1. The Morgan fingerprint density at radius 1 is 1.23 bits per heavy atom. The minimum absolute atomic E-state index is 0. The molecule has 0 aliphatic carbocycles. The van der Waals surface area contributed by atoms with Gasteiger partial charge < -0.3 is 18.4 Å². The molecule has 2 amide bonds. The number of rotatable bonds is 8. The molecule has 1 unspecified atom stereocenters. The molecule has 0 bridgehead atoms. The van der Waals surface area contributed by atoms with E-state index in [4.69, 9.17) is 0 Å². The van der Waals surface area contributed by atoms with Crippen molar-refractivity contribution in [3.8, 4) is 0 Å². The molecule has 2 atom stereocenters. The van der Waals surface area contributed by atoms with E-state index in [2.05, 4.69) is 20.8 Å². The van der Waals surface area contributed by atoms with Crippen molar-refractivity contribution in [3.63, 3.8) is 0 Å². The average molecular weight is 539 g/mol. The zero-order valence-electron chi connectivity index (χ0n) is 21.2. The van der Waals surface area contributed by atoms with Gasteiger partial charge in [0.2, 0.25) is 11.1 Å². The number of tetrazole rings is 1. The van der Waals surface area contributed by atoms with Gasteiger partial charge in [0.1, 0.15) is 17.1 Å². The molecule has 2 aliphatic rings. The number of nitrogens with zero attached hydrogens (tertiary/aromatic N) is 5. The molecule has 1 saturated heterocycles. The SMILES string of the molecule is Cn1nnnc1SCC1=C(C(=O)O)N2C(=O)C(NC(=O)Cc3ccccc3C(=O)O)[C@H]2SC1.[H-].[H-].[Na+].[Na+]. The van der Waals surface area contributed by atoms with Crippen LogP contribution in [-0.4, -0.2) is 82.0 Å². The largest absolute Gasteiger partial charge is 1.00 e. The Morgan fingerprint density at radius 2 is 1.94 bits per heavy atom. The minimum atomic E-state index is -1.22. The van der Waals surface area contributed by atoms with Crippen LogP contribution in [0.5, 0.6) is 0 Å². The van der Waals surface area contributed by atoms with Crippen LogP contribution in [0.2, 0.25) is 0 Å². The van der Waals surface area contributed by atoms with Gasteiger partial charge in [-0.05, 0) is 27.6 Å². The number of fused-ring (bicyclic) bond motifs is 1. The third-order valence-electron chi connectivity index (χ3n) is 5.12. The van der Waals surface area contributed by atoms with Crippen molar-refractivity contribution in [1.82, 2.24) is 30.4 Å². The molecule has 0 saturated carbocycles. The van der Waals surface area contributed by atoms with Gasteiger partial charge in [-0.15, -0.1) is 16.9 Å². The van der Waals surface area contributed by atoms with E-state index in [1.807, 2.05) is 0 Å². The number of nitrogens with one attached hydrogen (secondary N) is 1. The van der Waals surface area contributed by atoms with E-state index in [0.29, 0.717) is 27.8 Å². The number of hydrogen-bond acceptors (Lipinski definition) is 9. The van der Waals surface area contributed by atoms with Crippen LogP contribution < -0.4 is 64.4 Å². The van der Waals surface area contributed by atoms with Crippen LogP contribution in [-0.2, 0) is 27.9 Å². The molecule has 3 heterocycles. The molecule has 2 aliphatic heterocycles. The summed E-state index contributed by atoms with van der Waals surface area (Å²) in [7, 11) is 1.67. The van der Waals surface area contributed by atoms with Crippen molar-refractivity contribution in [2.75, 3.05) is 11.5 Å². The maximum atomic E-state index is 12.8. The number of amides is 2. The summed E-state index contributed by atoms with van der Waals surface area (Å²) >= 11 is 2.62. The number of carboxylic acid groups (broad SMARTS) is 2. The van der Waals surface area contributed by atoms with Gasteiger partial charge in [-0.1, -0.05) is 30.0 Å². The van der Waals surface area contributed by atoms with Crippen LogP contribution >= 0.6 is 23.5 Å². The summed E-state index contributed by atoms with van der Waals surface area (Å²) in [6.45, 7) is 0. The predicted molar refractivity (Wildman–Crippen MR) is 119 cm³/mol. The Morgan fingerprint density at radius 3 is 2.57 bits per heavy atom. The monoisotopic (exact) mass is 538 g/mol. The molecule has 3 N–H and O–H groups in total. The molecular formula is C19H20N6Na2O6S2. The molecule has 0 spiro atoms. The summed E-state index contributed by atoms with van der Waals surface area (Å²) in [6, 6.07) is 5.25. The van der Waals surface area contributed by atoms with Crippen LogP contribution in [0.4, 0.5) is 0 Å². The molecule has 1 aromatic carbocycles. The molecule has 16 heteroatoms. The molecule has 35 heavy (non-hydrogen) atoms.